The Morgan fingerprint density at radius 2 is 1.83 bits per heavy atom. The smallest absolute Gasteiger partial charge is 0.138 e. The maximum Gasteiger partial charge on any atom is 0.138 e. The second kappa shape index (κ2) is 5.65. The Hall–Kier alpha value is -1.17. The normalized spacial score (nSPS) is 12.2. The third-order valence-electron chi connectivity index (χ3n) is 2.67. The number of halogens is 3. The van der Waals surface area contributed by atoms with E-state index in [4.69, 9.17) is 0 Å². The molecule has 0 aliphatic rings. The van der Waals surface area contributed by atoms with Crippen molar-refractivity contribution < 1.29 is 8.78 Å². The summed E-state index contributed by atoms with van der Waals surface area (Å²) in [5, 5.41) is 3.18. The first-order valence-corrected chi connectivity index (χ1v) is 6.62. The van der Waals surface area contributed by atoms with E-state index in [-0.39, 0.29) is 17.7 Å². The summed E-state index contributed by atoms with van der Waals surface area (Å²) in [7, 11) is 0. The van der Waals surface area contributed by atoms with E-state index in [9.17, 15) is 8.78 Å². The van der Waals surface area contributed by atoms with Gasteiger partial charge >= 0.3 is 0 Å². The van der Waals surface area contributed by atoms with E-state index in [0.29, 0.717) is 9.26 Å². The Labute approximate surface area is 118 Å². The SMILES string of the molecule is CC(Nc1cccc(F)c1I)c1cccc(F)c1. The lowest BCUT2D eigenvalue weighted by Gasteiger charge is -2.17. The number of hydrogen-bond acceptors (Lipinski definition) is 1. The average Bonchev–Trinajstić information content (AvgIpc) is 2.35. The first-order valence-electron chi connectivity index (χ1n) is 5.54. The molecule has 18 heavy (non-hydrogen) atoms. The van der Waals surface area contributed by atoms with E-state index in [1.807, 2.05) is 35.6 Å². The van der Waals surface area contributed by atoms with Gasteiger partial charge in [0.05, 0.1) is 9.26 Å². The van der Waals surface area contributed by atoms with Gasteiger partial charge in [-0.25, -0.2) is 8.78 Å². The Balaban J connectivity index is 2.21. The van der Waals surface area contributed by atoms with E-state index in [1.165, 1.54) is 18.2 Å². The lowest BCUT2D eigenvalue weighted by atomic mass is 10.1. The van der Waals surface area contributed by atoms with Crippen molar-refractivity contribution in [1.29, 1.82) is 0 Å². The quantitative estimate of drug-likeness (QED) is 0.781. The molecule has 0 radical (unpaired) electrons. The summed E-state index contributed by atoms with van der Waals surface area (Å²) < 4.78 is 27.0. The summed E-state index contributed by atoms with van der Waals surface area (Å²) in [6.07, 6.45) is 0. The highest BCUT2D eigenvalue weighted by molar-refractivity contribution is 14.1. The molecule has 0 heterocycles. The lowest BCUT2D eigenvalue weighted by Crippen LogP contribution is -2.08. The maximum absolute atomic E-state index is 13.4. The van der Waals surface area contributed by atoms with Gasteiger partial charge < -0.3 is 5.32 Å². The zero-order chi connectivity index (χ0) is 13.1. The molecule has 1 atom stereocenters. The third kappa shape index (κ3) is 2.98. The van der Waals surface area contributed by atoms with E-state index in [0.717, 1.165) is 5.56 Å². The first kappa shape index (κ1) is 13.3. The predicted octanol–water partition coefficient (Wildman–Crippen LogP) is 4.74. The first-order chi connectivity index (χ1) is 8.58. The predicted molar refractivity (Wildman–Crippen MR) is 77.6 cm³/mol. The summed E-state index contributed by atoms with van der Waals surface area (Å²) in [5.74, 6) is -0.526. The molecule has 1 unspecified atom stereocenters. The van der Waals surface area contributed by atoms with Crippen molar-refractivity contribution in [3.05, 3.63) is 63.2 Å². The molecule has 0 saturated carbocycles. The van der Waals surface area contributed by atoms with E-state index < -0.39 is 0 Å². The van der Waals surface area contributed by atoms with Crippen LogP contribution >= 0.6 is 22.6 Å². The van der Waals surface area contributed by atoms with Gasteiger partial charge in [0.2, 0.25) is 0 Å². The number of nitrogens with one attached hydrogen (secondary N) is 1. The Morgan fingerprint density at radius 1 is 1.11 bits per heavy atom. The van der Waals surface area contributed by atoms with Crippen LogP contribution < -0.4 is 5.32 Å². The highest BCUT2D eigenvalue weighted by atomic mass is 127. The van der Waals surface area contributed by atoms with Gasteiger partial charge in [-0.2, -0.15) is 0 Å². The summed E-state index contributed by atoms with van der Waals surface area (Å²) >= 11 is 1.95. The van der Waals surface area contributed by atoms with Gasteiger partial charge in [0.25, 0.3) is 0 Å². The van der Waals surface area contributed by atoms with E-state index >= 15 is 0 Å². The molecule has 2 aromatic rings. The van der Waals surface area contributed by atoms with Gasteiger partial charge in [-0.3, -0.25) is 0 Å². The van der Waals surface area contributed by atoms with Gasteiger partial charge in [0.1, 0.15) is 11.6 Å². The maximum atomic E-state index is 13.4. The zero-order valence-electron chi connectivity index (χ0n) is 9.75. The highest BCUT2D eigenvalue weighted by Gasteiger charge is 2.10. The van der Waals surface area contributed by atoms with Crippen LogP contribution in [0.5, 0.6) is 0 Å². The molecule has 0 aliphatic heterocycles. The van der Waals surface area contributed by atoms with Crippen molar-refractivity contribution in [3.8, 4) is 0 Å². The van der Waals surface area contributed by atoms with Gasteiger partial charge in [-0.15, -0.1) is 0 Å². The van der Waals surface area contributed by atoms with Crippen molar-refractivity contribution in [2.45, 2.75) is 13.0 Å². The van der Waals surface area contributed by atoms with Crippen molar-refractivity contribution in [1.82, 2.24) is 0 Å². The zero-order valence-corrected chi connectivity index (χ0v) is 11.9. The Kier molecular flexibility index (Phi) is 4.16. The second-order valence-electron chi connectivity index (χ2n) is 4.02. The fourth-order valence-electron chi connectivity index (χ4n) is 1.71. The van der Waals surface area contributed by atoms with Crippen LogP contribution in [0.4, 0.5) is 14.5 Å². The molecule has 0 spiro atoms. The van der Waals surface area contributed by atoms with Crippen LogP contribution in [0.3, 0.4) is 0 Å². The molecule has 0 fully saturated rings. The van der Waals surface area contributed by atoms with Gasteiger partial charge in [-0.1, -0.05) is 18.2 Å². The monoisotopic (exact) mass is 359 g/mol. The molecule has 1 N–H and O–H groups in total. The topological polar surface area (TPSA) is 12.0 Å². The molecule has 1 nitrogen and oxygen atoms in total. The van der Waals surface area contributed by atoms with Crippen LogP contribution in [0.25, 0.3) is 0 Å². The van der Waals surface area contributed by atoms with Crippen LogP contribution in [-0.4, -0.2) is 0 Å². The van der Waals surface area contributed by atoms with E-state index in [1.54, 1.807) is 18.2 Å². The van der Waals surface area contributed by atoms with Crippen molar-refractivity contribution >= 4 is 28.3 Å². The van der Waals surface area contributed by atoms with Crippen molar-refractivity contribution in [3.63, 3.8) is 0 Å². The van der Waals surface area contributed by atoms with Crippen molar-refractivity contribution in [2.24, 2.45) is 0 Å². The fourth-order valence-corrected chi connectivity index (χ4v) is 2.22. The molecular weight excluding hydrogens is 347 g/mol. The van der Waals surface area contributed by atoms with Crippen molar-refractivity contribution in [2.75, 3.05) is 5.32 Å². The van der Waals surface area contributed by atoms with Crippen LogP contribution in [-0.2, 0) is 0 Å². The number of hydrogen-bond donors (Lipinski definition) is 1. The summed E-state index contributed by atoms with van der Waals surface area (Å²) in [5.41, 5.74) is 1.54. The Morgan fingerprint density at radius 3 is 2.56 bits per heavy atom. The molecule has 2 rings (SSSR count). The van der Waals surface area contributed by atoms with Gasteiger partial charge in [-0.05, 0) is 59.3 Å². The van der Waals surface area contributed by atoms with Crippen LogP contribution in [0.1, 0.15) is 18.5 Å². The third-order valence-corrected chi connectivity index (χ3v) is 3.77. The minimum atomic E-state index is -0.268. The summed E-state index contributed by atoms with van der Waals surface area (Å²) in [4.78, 5) is 0. The van der Waals surface area contributed by atoms with Crippen LogP contribution in [0.2, 0.25) is 0 Å². The minimum absolute atomic E-state index is 0.0870. The summed E-state index contributed by atoms with van der Waals surface area (Å²) in [6, 6.07) is 11.2. The standard InChI is InChI=1S/C14H12F2IN/c1-9(10-4-2-5-11(15)8-10)18-13-7-3-6-12(16)14(13)17/h2-9,18H,1H3. The largest absolute Gasteiger partial charge is 0.378 e. The number of rotatable bonds is 3. The number of anilines is 1. The molecule has 94 valence electrons. The van der Waals surface area contributed by atoms with Crippen LogP contribution in [0.15, 0.2) is 42.5 Å². The molecule has 4 heteroatoms. The second-order valence-corrected chi connectivity index (χ2v) is 5.10. The molecule has 2 aromatic carbocycles. The fraction of sp³-hybridized carbons (Fsp3) is 0.143. The van der Waals surface area contributed by atoms with E-state index in [2.05, 4.69) is 5.32 Å². The molecule has 0 amide bonds. The highest BCUT2D eigenvalue weighted by Crippen LogP contribution is 2.25. The van der Waals surface area contributed by atoms with Gasteiger partial charge in [0, 0.05) is 6.04 Å². The van der Waals surface area contributed by atoms with Crippen LogP contribution in [0, 0.1) is 15.2 Å². The lowest BCUT2D eigenvalue weighted by molar-refractivity contribution is 0.619. The molecule has 0 aromatic heterocycles. The average molecular weight is 359 g/mol. The van der Waals surface area contributed by atoms with Gasteiger partial charge in [0.15, 0.2) is 0 Å². The molecule has 0 aliphatic carbocycles. The number of benzene rings is 2. The summed E-state index contributed by atoms with van der Waals surface area (Å²) in [6.45, 7) is 1.91. The minimum Gasteiger partial charge on any atom is -0.378 e. The molecular formula is C14H12F2IN. The Bertz CT molecular complexity index is 557. The molecule has 0 saturated heterocycles. The molecule has 0 bridgehead atoms.